The number of nitrogens with one attached hydrogen (secondary N) is 1. The zero-order chi connectivity index (χ0) is 19.1. The molecule has 0 radical (unpaired) electrons. The molecular formula is C17H15F3N4OS. The number of nitrogens with zero attached hydrogens (tertiary/aromatic N) is 2. The highest BCUT2D eigenvalue weighted by atomic mass is 32.1. The van der Waals surface area contributed by atoms with Gasteiger partial charge in [0, 0.05) is 17.3 Å². The Balaban J connectivity index is 1.87. The predicted molar refractivity (Wildman–Crippen MR) is 95.3 cm³/mol. The van der Waals surface area contributed by atoms with Crippen molar-refractivity contribution in [2.24, 2.45) is 0 Å². The molecule has 0 saturated carbocycles. The quantitative estimate of drug-likeness (QED) is 0.692. The SMILES string of the molecule is CC(C)c1ccc2c(N)c(C(=O)Nc3ccc(C(F)(F)F)cn3)sc2n1. The van der Waals surface area contributed by atoms with Crippen molar-refractivity contribution >= 4 is 39.0 Å². The van der Waals surface area contributed by atoms with Crippen molar-refractivity contribution in [3.63, 3.8) is 0 Å². The number of anilines is 2. The first kappa shape index (κ1) is 18.1. The van der Waals surface area contributed by atoms with E-state index in [1.165, 1.54) is 0 Å². The lowest BCUT2D eigenvalue weighted by atomic mass is 10.1. The molecule has 0 fully saturated rings. The van der Waals surface area contributed by atoms with Crippen LogP contribution in [0, 0.1) is 0 Å². The molecule has 3 rings (SSSR count). The molecule has 0 atom stereocenters. The Morgan fingerprint density at radius 2 is 1.96 bits per heavy atom. The molecule has 0 bridgehead atoms. The van der Waals surface area contributed by atoms with E-state index in [2.05, 4.69) is 15.3 Å². The minimum atomic E-state index is -4.48. The lowest BCUT2D eigenvalue weighted by molar-refractivity contribution is -0.137. The minimum absolute atomic E-state index is 0.00989. The number of nitrogen functional groups attached to an aromatic ring is 1. The number of rotatable bonds is 3. The summed E-state index contributed by atoms with van der Waals surface area (Å²) in [5.41, 5.74) is 6.33. The second-order valence-electron chi connectivity index (χ2n) is 5.97. The summed E-state index contributed by atoms with van der Waals surface area (Å²) < 4.78 is 37.7. The molecule has 9 heteroatoms. The summed E-state index contributed by atoms with van der Waals surface area (Å²) in [4.78, 5) is 21.4. The van der Waals surface area contributed by atoms with Crippen molar-refractivity contribution < 1.29 is 18.0 Å². The van der Waals surface area contributed by atoms with Crippen LogP contribution in [0.4, 0.5) is 24.7 Å². The Kier molecular flexibility index (Phi) is 4.57. The number of amides is 1. The maximum atomic E-state index is 12.6. The summed E-state index contributed by atoms with van der Waals surface area (Å²) in [5, 5.41) is 3.13. The van der Waals surface area contributed by atoms with E-state index in [0.717, 1.165) is 29.2 Å². The Labute approximate surface area is 151 Å². The van der Waals surface area contributed by atoms with Crippen molar-refractivity contribution in [2.45, 2.75) is 25.9 Å². The normalized spacial score (nSPS) is 11.9. The zero-order valence-electron chi connectivity index (χ0n) is 13.9. The smallest absolute Gasteiger partial charge is 0.397 e. The molecule has 0 saturated heterocycles. The second-order valence-corrected chi connectivity index (χ2v) is 6.97. The fourth-order valence-electron chi connectivity index (χ4n) is 2.31. The van der Waals surface area contributed by atoms with Gasteiger partial charge in [-0.25, -0.2) is 9.97 Å². The van der Waals surface area contributed by atoms with Crippen LogP contribution < -0.4 is 11.1 Å². The van der Waals surface area contributed by atoms with Crippen molar-refractivity contribution in [2.75, 3.05) is 11.1 Å². The maximum absolute atomic E-state index is 12.6. The Hall–Kier alpha value is -2.68. The number of nitrogens with two attached hydrogens (primary N) is 1. The van der Waals surface area contributed by atoms with E-state index in [1.54, 1.807) is 0 Å². The number of halogens is 3. The standard InChI is InChI=1S/C17H15F3N4OS/c1-8(2)11-5-4-10-13(21)14(26-16(10)23-11)15(25)24-12-6-3-9(7-22-12)17(18,19)20/h3-8H,21H2,1-2H3,(H,22,24,25). The Morgan fingerprint density at radius 3 is 2.54 bits per heavy atom. The van der Waals surface area contributed by atoms with Gasteiger partial charge in [-0.2, -0.15) is 13.2 Å². The third kappa shape index (κ3) is 3.48. The molecule has 0 aliphatic carbocycles. The fourth-order valence-corrected chi connectivity index (χ4v) is 3.31. The van der Waals surface area contributed by atoms with E-state index in [-0.39, 0.29) is 22.3 Å². The summed E-state index contributed by atoms with van der Waals surface area (Å²) in [7, 11) is 0. The summed E-state index contributed by atoms with van der Waals surface area (Å²) >= 11 is 1.13. The van der Waals surface area contributed by atoms with Gasteiger partial charge in [-0.3, -0.25) is 4.79 Å². The monoisotopic (exact) mass is 380 g/mol. The highest BCUT2D eigenvalue weighted by Gasteiger charge is 2.30. The van der Waals surface area contributed by atoms with Gasteiger partial charge in [-0.1, -0.05) is 13.8 Å². The van der Waals surface area contributed by atoms with Gasteiger partial charge in [0.1, 0.15) is 15.5 Å². The minimum Gasteiger partial charge on any atom is -0.397 e. The van der Waals surface area contributed by atoms with Crippen LogP contribution in [0.3, 0.4) is 0 Å². The van der Waals surface area contributed by atoms with Crippen molar-refractivity contribution in [1.29, 1.82) is 0 Å². The average molecular weight is 380 g/mol. The van der Waals surface area contributed by atoms with Gasteiger partial charge >= 0.3 is 6.18 Å². The molecule has 3 heterocycles. The number of pyridine rings is 2. The lowest BCUT2D eigenvalue weighted by Crippen LogP contribution is -2.13. The van der Waals surface area contributed by atoms with Crippen LogP contribution in [0.2, 0.25) is 0 Å². The molecular weight excluding hydrogens is 365 g/mol. The van der Waals surface area contributed by atoms with Gasteiger partial charge in [0.05, 0.1) is 11.3 Å². The van der Waals surface area contributed by atoms with Gasteiger partial charge in [0.25, 0.3) is 5.91 Å². The Morgan fingerprint density at radius 1 is 1.23 bits per heavy atom. The highest BCUT2D eigenvalue weighted by molar-refractivity contribution is 7.21. The molecule has 3 aromatic rings. The maximum Gasteiger partial charge on any atom is 0.417 e. The number of thiophene rings is 1. The van der Waals surface area contributed by atoms with E-state index < -0.39 is 17.6 Å². The van der Waals surface area contributed by atoms with E-state index in [0.29, 0.717) is 16.4 Å². The Bertz CT molecular complexity index is 965. The van der Waals surface area contributed by atoms with E-state index in [9.17, 15) is 18.0 Å². The van der Waals surface area contributed by atoms with Gasteiger partial charge in [-0.15, -0.1) is 11.3 Å². The van der Waals surface area contributed by atoms with Crippen LogP contribution >= 0.6 is 11.3 Å². The van der Waals surface area contributed by atoms with Gasteiger partial charge in [0.15, 0.2) is 0 Å². The predicted octanol–water partition coefficient (Wildman–Crippen LogP) is 4.67. The van der Waals surface area contributed by atoms with Crippen molar-refractivity contribution in [3.05, 3.63) is 46.6 Å². The number of alkyl halides is 3. The molecule has 0 spiro atoms. The van der Waals surface area contributed by atoms with Crippen LogP contribution in [0.25, 0.3) is 10.2 Å². The molecule has 0 aromatic carbocycles. The van der Waals surface area contributed by atoms with Crippen LogP contribution in [0.1, 0.15) is 40.7 Å². The van der Waals surface area contributed by atoms with Crippen LogP contribution in [-0.2, 0) is 6.18 Å². The third-order valence-electron chi connectivity index (χ3n) is 3.75. The van der Waals surface area contributed by atoms with Gasteiger partial charge in [-0.05, 0) is 30.2 Å². The van der Waals surface area contributed by atoms with Crippen LogP contribution in [0.15, 0.2) is 30.5 Å². The molecule has 0 aliphatic heterocycles. The van der Waals surface area contributed by atoms with E-state index in [4.69, 9.17) is 5.73 Å². The number of carbonyl (C=O) groups is 1. The van der Waals surface area contributed by atoms with Crippen molar-refractivity contribution in [1.82, 2.24) is 9.97 Å². The van der Waals surface area contributed by atoms with Gasteiger partial charge in [0.2, 0.25) is 0 Å². The highest BCUT2D eigenvalue weighted by Crippen LogP contribution is 2.34. The number of aromatic nitrogens is 2. The molecule has 0 unspecified atom stereocenters. The number of hydrogen-bond donors (Lipinski definition) is 2. The average Bonchev–Trinajstić information content (AvgIpc) is 2.91. The van der Waals surface area contributed by atoms with E-state index in [1.807, 2.05) is 26.0 Å². The second kappa shape index (κ2) is 6.56. The van der Waals surface area contributed by atoms with Crippen LogP contribution in [0.5, 0.6) is 0 Å². The van der Waals surface area contributed by atoms with Gasteiger partial charge < -0.3 is 11.1 Å². The number of carbonyl (C=O) groups excluding carboxylic acids is 1. The largest absolute Gasteiger partial charge is 0.417 e. The summed E-state index contributed by atoms with van der Waals surface area (Å²) in [5.74, 6) is -0.295. The lowest BCUT2D eigenvalue weighted by Gasteiger charge is -2.07. The number of hydrogen-bond acceptors (Lipinski definition) is 5. The molecule has 5 nitrogen and oxygen atoms in total. The topological polar surface area (TPSA) is 80.9 Å². The van der Waals surface area contributed by atoms with E-state index >= 15 is 0 Å². The molecule has 3 N–H and O–H groups in total. The zero-order valence-corrected chi connectivity index (χ0v) is 14.7. The first-order valence-corrected chi connectivity index (χ1v) is 8.52. The molecule has 1 amide bonds. The summed E-state index contributed by atoms with van der Waals surface area (Å²) in [6.45, 7) is 4.02. The summed E-state index contributed by atoms with van der Waals surface area (Å²) in [6.07, 6.45) is -3.81. The summed E-state index contributed by atoms with van der Waals surface area (Å²) in [6, 6.07) is 5.62. The molecule has 3 aromatic heterocycles. The first-order valence-electron chi connectivity index (χ1n) is 7.70. The molecule has 136 valence electrons. The molecule has 26 heavy (non-hydrogen) atoms. The van der Waals surface area contributed by atoms with Crippen molar-refractivity contribution in [3.8, 4) is 0 Å². The number of fused-ring (bicyclic) bond motifs is 1. The first-order chi connectivity index (χ1) is 12.2. The fraction of sp³-hybridized carbons (Fsp3) is 0.235. The molecule has 0 aliphatic rings. The van der Waals surface area contributed by atoms with Crippen LogP contribution in [-0.4, -0.2) is 15.9 Å². The third-order valence-corrected chi connectivity index (χ3v) is 4.86.